The van der Waals surface area contributed by atoms with Crippen LogP contribution in [-0.4, -0.2) is 64.9 Å². The fourth-order valence-corrected chi connectivity index (χ4v) is 4.17. The van der Waals surface area contributed by atoms with Crippen molar-refractivity contribution in [3.63, 3.8) is 0 Å². The maximum absolute atomic E-state index is 13.0. The molecule has 0 radical (unpaired) electrons. The van der Waals surface area contributed by atoms with Gasteiger partial charge in [-0.1, -0.05) is 16.8 Å². The number of aromatic nitrogens is 2. The molecule has 0 aliphatic carbocycles. The minimum atomic E-state index is -0.0712. The van der Waals surface area contributed by atoms with Gasteiger partial charge in [-0.25, -0.2) is 0 Å². The Bertz CT molecular complexity index is 1170. The molecule has 0 bridgehead atoms. The normalized spacial score (nSPS) is 15.2. The molecule has 1 saturated heterocycles. The quantitative estimate of drug-likeness (QED) is 0.469. The van der Waals surface area contributed by atoms with Crippen molar-refractivity contribution >= 4 is 23.3 Å². The number of piperazine rings is 1. The minimum Gasteiger partial charge on any atom is -0.496 e. The van der Waals surface area contributed by atoms with Gasteiger partial charge in [0.25, 0.3) is 0 Å². The summed E-state index contributed by atoms with van der Waals surface area (Å²) in [6.45, 7) is 6.10. The third-order valence-electron chi connectivity index (χ3n) is 6.14. The molecule has 2 aromatic carbocycles. The molecular weight excluding hydrogens is 456 g/mol. The topological polar surface area (TPSA) is 88.8 Å². The number of Topliss-reactive ketones (excluding diaryl/α,β-unsaturated/α-hetero) is 1. The Morgan fingerprint density at radius 1 is 1.12 bits per heavy atom. The summed E-state index contributed by atoms with van der Waals surface area (Å²) in [5, 5.41) is 4.75. The maximum Gasteiger partial charge on any atom is 0.244 e. The molecular formula is C25H27ClN4O4. The number of ether oxygens (including phenoxy) is 1. The first-order valence-corrected chi connectivity index (χ1v) is 11.5. The number of ketones is 1. The third-order valence-corrected chi connectivity index (χ3v) is 6.40. The molecule has 2 heterocycles. The Kier molecular flexibility index (Phi) is 7.29. The van der Waals surface area contributed by atoms with E-state index in [2.05, 4.69) is 15.0 Å². The second kappa shape index (κ2) is 10.4. The zero-order chi connectivity index (χ0) is 24.2. The lowest BCUT2D eigenvalue weighted by atomic mass is 10.0. The molecule has 0 saturated carbocycles. The van der Waals surface area contributed by atoms with E-state index in [1.165, 1.54) is 6.92 Å². The van der Waals surface area contributed by atoms with E-state index in [0.717, 1.165) is 11.1 Å². The molecule has 0 spiro atoms. The zero-order valence-electron chi connectivity index (χ0n) is 19.5. The molecule has 1 aliphatic heterocycles. The lowest BCUT2D eigenvalue weighted by Crippen LogP contribution is -2.49. The molecule has 1 aliphatic rings. The summed E-state index contributed by atoms with van der Waals surface area (Å²) in [5.74, 6) is 1.64. The number of nitrogens with zero attached hydrogens (tertiary/aromatic N) is 4. The number of amides is 1. The molecule has 3 aromatic rings. The first kappa shape index (κ1) is 23.9. The molecule has 0 unspecified atom stereocenters. The summed E-state index contributed by atoms with van der Waals surface area (Å²) in [4.78, 5) is 33.3. The van der Waals surface area contributed by atoms with E-state index in [1.807, 2.05) is 24.0 Å². The van der Waals surface area contributed by atoms with Crippen molar-refractivity contribution in [1.29, 1.82) is 0 Å². The molecule has 1 aromatic heterocycles. The number of carbonyl (C=O) groups is 2. The number of carbonyl (C=O) groups excluding carboxylic acids is 2. The van der Waals surface area contributed by atoms with Crippen LogP contribution in [0.25, 0.3) is 11.4 Å². The van der Waals surface area contributed by atoms with E-state index in [0.29, 0.717) is 54.2 Å². The van der Waals surface area contributed by atoms with Gasteiger partial charge in [-0.05, 0) is 56.3 Å². The van der Waals surface area contributed by atoms with Gasteiger partial charge in [0.2, 0.25) is 17.6 Å². The molecule has 1 amide bonds. The smallest absolute Gasteiger partial charge is 0.244 e. The summed E-state index contributed by atoms with van der Waals surface area (Å²) in [7, 11) is 1.56. The first-order valence-electron chi connectivity index (χ1n) is 11.1. The minimum absolute atomic E-state index is 0.00844. The predicted octanol–water partition coefficient (Wildman–Crippen LogP) is 4.05. The van der Waals surface area contributed by atoms with E-state index in [4.69, 9.17) is 20.9 Å². The van der Waals surface area contributed by atoms with Crippen LogP contribution in [0.4, 0.5) is 0 Å². The number of benzene rings is 2. The summed E-state index contributed by atoms with van der Waals surface area (Å²) >= 11 is 5.95. The highest BCUT2D eigenvalue weighted by atomic mass is 35.5. The Morgan fingerprint density at radius 2 is 1.82 bits per heavy atom. The van der Waals surface area contributed by atoms with Crippen LogP contribution >= 0.6 is 11.6 Å². The molecule has 4 rings (SSSR count). The van der Waals surface area contributed by atoms with Crippen LogP contribution in [0.15, 0.2) is 47.0 Å². The van der Waals surface area contributed by atoms with Crippen LogP contribution in [0.3, 0.4) is 0 Å². The van der Waals surface area contributed by atoms with Crippen LogP contribution in [0.5, 0.6) is 5.75 Å². The Morgan fingerprint density at radius 3 is 2.47 bits per heavy atom. The van der Waals surface area contributed by atoms with E-state index in [1.54, 1.807) is 37.4 Å². The standard InChI is InChI=1S/C25H27ClN4O4/c1-16(25-27-24(28-34-25)18-4-7-21(26)8-5-18)29-10-12-30(13-11-29)23(32)15-20-14-19(17(2)31)6-9-22(20)33-3/h4-9,14,16H,10-13,15H2,1-3H3/t16-/m0/s1. The van der Waals surface area contributed by atoms with Gasteiger partial charge in [0.15, 0.2) is 5.78 Å². The Labute approximate surface area is 203 Å². The lowest BCUT2D eigenvalue weighted by molar-refractivity contribution is -0.132. The Hall–Kier alpha value is -3.23. The van der Waals surface area contributed by atoms with Gasteiger partial charge in [-0.2, -0.15) is 4.98 Å². The number of halogens is 1. The third kappa shape index (κ3) is 5.29. The summed E-state index contributed by atoms with van der Waals surface area (Å²) in [6, 6.07) is 12.4. The van der Waals surface area contributed by atoms with E-state index >= 15 is 0 Å². The van der Waals surface area contributed by atoms with Crippen molar-refractivity contribution in [2.24, 2.45) is 0 Å². The van der Waals surface area contributed by atoms with Crippen molar-refractivity contribution in [3.05, 3.63) is 64.5 Å². The Balaban J connectivity index is 1.36. The van der Waals surface area contributed by atoms with E-state index in [9.17, 15) is 9.59 Å². The molecule has 1 atom stereocenters. The van der Waals surface area contributed by atoms with Crippen molar-refractivity contribution in [3.8, 4) is 17.1 Å². The monoisotopic (exact) mass is 482 g/mol. The highest BCUT2D eigenvalue weighted by Gasteiger charge is 2.28. The summed E-state index contributed by atoms with van der Waals surface area (Å²) in [5.41, 5.74) is 2.13. The highest BCUT2D eigenvalue weighted by Crippen LogP contribution is 2.25. The number of methoxy groups -OCH3 is 1. The SMILES string of the molecule is COc1ccc(C(C)=O)cc1CC(=O)N1CCN([C@@H](C)c2nc(-c3ccc(Cl)cc3)no2)CC1. The maximum atomic E-state index is 13.0. The molecule has 178 valence electrons. The van der Waals surface area contributed by atoms with Crippen molar-refractivity contribution in [1.82, 2.24) is 19.9 Å². The largest absolute Gasteiger partial charge is 0.496 e. The van der Waals surface area contributed by atoms with Gasteiger partial charge < -0.3 is 14.2 Å². The molecule has 1 fully saturated rings. The lowest BCUT2D eigenvalue weighted by Gasteiger charge is -2.37. The highest BCUT2D eigenvalue weighted by molar-refractivity contribution is 6.30. The average molecular weight is 483 g/mol. The van der Waals surface area contributed by atoms with Gasteiger partial charge in [-0.3, -0.25) is 14.5 Å². The van der Waals surface area contributed by atoms with Gasteiger partial charge in [0.1, 0.15) is 5.75 Å². The number of hydrogen-bond donors (Lipinski definition) is 0. The van der Waals surface area contributed by atoms with Crippen LogP contribution < -0.4 is 4.74 Å². The molecule has 0 N–H and O–H groups in total. The van der Waals surface area contributed by atoms with Crippen LogP contribution in [0.1, 0.15) is 41.7 Å². The van der Waals surface area contributed by atoms with Gasteiger partial charge >= 0.3 is 0 Å². The van der Waals surface area contributed by atoms with Crippen LogP contribution in [-0.2, 0) is 11.2 Å². The molecule has 8 nitrogen and oxygen atoms in total. The van der Waals surface area contributed by atoms with Gasteiger partial charge in [0.05, 0.1) is 19.6 Å². The zero-order valence-corrected chi connectivity index (χ0v) is 20.2. The number of rotatable bonds is 7. The van der Waals surface area contributed by atoms with Crippen molar-refractivity contribution in [2.45, 2.75) is 26.3 Å². The van der Waals surface area contributed by atoms with Gasteiger partial charge in [-0.15, -0.1) is 0 Å². The van der Waals surface area contributed by atoms with Crippen LogP contribution in [0, 0.1) is 0 Å². The molecule has 9 heteroatoms. The summed E-state index contributed by atoms with van der Waals surface area (Å²) < 4.78 is 10.9. The average Bonchev–Trinajstić information content (AvgIpc) is 3.34. The van der Waals surface area contributed by atoms with Crippen molar-refractivity contribution in [2.75, 3.05) is 33.3 Å². The second-order valence-electron chi connectivity index (χ2n) is 8.32. The summed E-state index contributed by atoms with van der Waals surface area (Å²) in [6.07, 6.45) is 0.188. The number of hydrogen-bond acceptors (Lipinski definition) is 7. The fraction of sp³-hybridized carbons (Fsp3) is 0.360. The van der Waals surface area contributed by atoms with Crippen LogP contribution in [0.2, 0.25) is 5.02 Å². The predicted molar refractivity (Wildman–Crippen MR) is 128 cm³/mol. The van der Waals surface area contributed by atoms with Crippen molar-refractivity contribution < 1.29 is 18.8 Å². The van der Waals surface area contributed by atoms with E-state index in [-0.39, 0.29) is 24.2 Å². The first-order chi connectivity index (χ1) is 16.4. The fourth-order valence-electron chi connectivity index (χ4n) is 4.05. The van der Waals surface area contributed by atoms with Gasteiger partial charge in [0, 0.05) is 47.9 Å². The second-order valence-corrected chi connectivity index (χ2v) is 8.75. The molecule has 34 heavy (non-hydrogen) atoms. The van der Waals surface area contributed by atoms with E-state index < -0.39 is 0 Å².